The summed E-state index contributed by atoms with van der Waals surface area (Å²) in [5, 5.41) is 13.7. The Morgan fingerprint density at radius 2 is 1.90 bits per heavy atom. The molecule has 30 heavy (non-hydrogen) atoms. The summed E-state index contributed by atoms with van der Waals surface area (Å²) >= 11 is 0. The number of carbonyl (C=O) groups excluding carboxylic acids is 3. The molecular weight excluding hydrogens is 388 g/mol. The second kappa shape index (κ2) is 7.58. The van der Waals surface area contributed by atoms with E-state index in [0.29, 0.717) is 6.42 Å². The minimum absolute atomic E-state index is 0.0423. The maximum Gasteiger partial charge on any atom is 0.322 e. The number of benzene rings is 2. The standard InChI is InChI=1S/C21H20N4O5/c1-13-11-14-5-2-3-6-18(14)24(13)21(28)22-9-4-10-23-19(26)16-8-7-15(25(29)30)12-17(16)20(23)27/h2-3,5-8,12-13H,4,9-11H2,1H3,(H,22,28). The van der Waals surface area contributed by atoms with Gasteiger partial charge < -0.3 is 5.32 Å². The first-order valence-electron chi connectivity index (χ1n) is 9.68. The van der Waals surface area contributed by atoms with E-state index in [9.17, 15) is 24.5 Å². The number of fused-ring (bicyclic) bond motifs is 2. The summed E-state index contributed by atoms with van der Waals surface area (Å²) in [6, 6.07) is 11.2. The number of imide groups is 1. The van der Waals surface area contributed by atoms with Crippen molar-refractivity contribution in [1.82, 2.24) is 10.2 Å². The van der Waals surface area contributed by atoms with Gasteiger partial charge in [0.15, 0.2) is 0 Å². The monoisotopic (exact) mass is 408 g/mol. The number of nitrogens with one attached hydrogen (secondary N) is 1. The lowest BCUT2D eigenvalue weighted by Crippen LogP contribution is -2.44. The maximum atomic E-state index is 12.6. The number of nitro groups is 1. The van der Waals surface area contributed by atoms with E-state index in [4.69, 9.17) is 0 Å². The topological polar surface area (TPSA) is 113 Å². The van der Waals surface area contributed by atoms with Gasteiger partial charge >= 0.3 is 6.03 Å². The smallest absolute Gasteiger partial charge is 0.322 e. The zero-order valence-corrected chi connectivity index (χ0v) is 16.3. The Morgan fingerprint density at radius 1 is 1.17 bits per heavy atom. The molecule has 2 aromatic carbocycles. The minimum Gasteiger partial charge on any atom is -0.338 e. The van der Waals surface area contributed by atoms with Crippen LogP contribution in [0.15, 0.2) is 42.5 Å². The molecule has 0 bridgehead atoms. The van der Waals surface area contributed by atoms with Crippen LogP contribution in [0.2, 0.25) is 0 Å². The van der Waals surface area contributed by atoms with Gasteiger partial charge in [-0.3, -0.25) is 29.5 Å². The fraction of sp³-hybridized carbons (Fsp3) is 0.286. The van der Waals surface area contributed by atoms with Crippen molar-refractivity contribution in [3.63, 3.8) is 0 Å². The molecule has 0 fully saturated rings. The van der Waals surface area contributed by atoms with Gasteiger partial charge in [0.05, 0.1) is 16.1 Å². The third-order valence-corrected chi connectivity index (χ3v) is 5.43. The van der Waals surface area contributed by atoms with Crippen molar-refractivity contribution < 1.29 is 19.3 Å². The number of urea groups is 1. The molecule has 1 unspecified atom stereocenters. The Hall–Kier alpha value is -3.75. The first kappa shape index (κ1) is 19.6. The van der Waals surface area contributed by atoms with E-state index < -0.39 is 16.7 Å². The van der Waals surface area contributed by atoms with Crippen LogP contribution in [0, 0.1) is 10.1 Å². The highest BCUT2D eigenvalue weighted by Crippen LogP contribution is 2.31. The van der Waals surface area contributed by atoms with Gasteiger partial charge in [-0.05, 0) is 37.5 Å². The van der Waals surface area contributed by atoms with Gasteiger partial charge in [0.2, 0.25) is 0 Å². The van der Waals surface area contributed by atoms with Crippen molar-refractivity contribution in [2.45, 2.75) is 25.8 Å². The van der Waals surface area contributed by atoms with E-state index in [-0.39, 0.29) is 42.0 Å². The van der Waals surface area contributed by atoms with Gasteiger partial charge in [-0.2, -0.15) is 0 Å². The molecular formula is C21H20N4O5. The van der Waals surface area contributed by atoms with Crippen LogP contribution in [0.1, 0.15) is 39.6 Å². The summed E-state index contributed by atoms with van der Waals surface area (Å²) < 4.78 is 0. The molecule has 9 nitrogen and oxygen atoms in total. The molecule has 9 heteroatoms. The Balaban J connectivity index is 1.34. The van der Waals surface area contributed by atoms with Crippen LogP contribution >= 0.6 is 0 Å². The van der Waals surface area contributed by atoms with E-state index >= 15 is 0 Å². The molecule has 2 aromatic rings. The summed E-state index contributed by atoms with van der Waals surface area (Å²) in [6.07, 6.45) is 1.17. The van der Waals surface area contributed by atoms with E-state index in [2.05, 4.69) is 5.32 Å². The predicted molar refractivity (Wildman–Crippen MR) is 109 cm³/mol. The Kier molecular flexibility index (Phi) is 4.94. The van der Waals surface area contributed by atoms with E-state index in [1.807, 2.05) is 31.2 Å². The maximum absolute atomic E-state index is 12.6. The van der Waals surface area contributed by atoms with Crippen LogP contribution in [-0.4, -0.2) is 46.8 Å². The number of carbonyl (C=O) groups is 3. The quantitative estimate of drug-likeness (QED) is 0.354. The number of anilines is 1. The average molecular weight is 408 g/mol. The number of hydrogen-bond donors (Lipinski definition) is 1. The number of non-ortho nitro benzene ring substituents is 1. The molecule has 2 heterocycles. The number of nitrogens with zero attached hydrogens (tertiary/aromatic N) is 3. The number of nitro benzene ring substituents is 1. The molecule has 0 saturated heterocycles. The lowest BCUT2D eigenvalue weighted by Gasteiger charge is -2.23. The van der Waals surface area contributed by atoms with Gasteiger partial charge in [0, 0.05) is 37.0 Å². The lowest BCUT2D eigenvalue weighted by molar-refractivity contribution is -0.384. The second-order valence-corrected chi connectivity index (χ2v) is 7.39. The van der Waals surface area contributed by atoms with Crippen LogP contribution < -0.4 is 10.2 Å². The van der Waals surface area contributed by atoms with Gasteiger partial charge in [-0.25, -0.2) is 4.79 Å². The molecule has 0 saturated carbocycles. The summed E-state index contributed by atoms with van der Waals surface area (Å²) in [5.41, 5.74) is 1.99. The average Bonchev–Trinajstić information content (AvgIpc) is 3.18. The largest absolute Gasteiger partial charge is 0.338 e. The summed E-state index contributed by atoms with van der Waals surface area (Å²) in [5.74, 6) is -1.02. The zero-order valence-electron chi connectivity index (χ0n) is 16.3. The third-order valence-electron chi connectivity index (χ3n) is 5.43. The van der Waals surface area contributed by atoms with Crippen molar-refractivity contribution in [2.75, 3.05) is 18.0 Å². The molecule has 0 aromatic heterocycles. The van der Waals surface area contributed by atoms with Crippen molar-refractivity contribution in [3.05, 3.63) is 69.3 Å². The van der Waals surface area contributed by atoms with Crippen LogP contribution in [-0.2, 0) is 6.42 Å². The highest BCUT2D eigenvalue weighted by molar-refractivity contribution is 6.21. The molecule has 0 aliphatic carbocycles. The molecule has 4 rings (SSSR count). The lowest BCUT2D eigenvalue weighted by atomic mass is 10.1. The molecule has 154 valence electrons. The molecule has 0 radical (unpaired) electrons. The van der Waals surface area contributed by atoms with Crippen LogP contribution in [0.5, 0.6) is 0 Å². The third kappa shape index (κ3) is 3.28. The SMILES string of the molecule is CC1Cc2ccccc2N1C(=O)NCCCN1C(=O)c2ccc([N+](=O)[O-])cc2C1=O. The van der Waals surface area contributed by atoms with E-state index in [1.54, 1.807) is 4.90 Å². The van der Waals surface area contributed by atoms with Crippen LogP contribution in [0.4, 0.5) is 16.2 Å². The van der Waals surface area contributed by atoms with Gasteiger partial charge in [-0.1, -0.05) is 18.2 Å². The van der Waals surface area contributed by atoms with Crippen molar-refractivity contribution in [2.24, 2.45) is 0 Å². The highest BCUT2D eigenvalue weighted by atomic mass is 16.6. The first-order chi connectivity index (χ1) is 14.4. The van der Waals surface area contributed by atoms with E-state index in [0.717, 1.165) is 28.6 Å². The minimum atomic E-state index is -0.603. The predicted octanol–water partition coefficient (Wildman–Crippen LogP) is 2.74. The highest BCUT2D eigenvalue weighted by Gasteiger charge is 2.36. The zero-order chi connectivity index (χ0) is 21.4. The fourth-order valence-corrected chi connectivity index (χ4v) is 3.99. The van der Waals surface area contributed by atoms with Gasteiger partial charge in [-0.15, -0.1) is 0 Å². The van der Waals surface area contributed by atoms with Crippen molar-refractivity contribution in [3.8, 4) is 0 Å². The number of hydrogen-bond acceptors (Lipinski definition) is 5. The van der Waals surface area contributed by atoms with E-state index in [1.165, 1.54) is 12.1 Å². The van der Waals surface area contributed by atoms with Gasteiger partial charge in [0.1, 0.15) is 0 Å². The molecule has 2 aliphatic rings. The number of para-hydroxylation sites is 1. The number of rotatable bonds is 5. The summed E-state index contributed by atoms with van der Waals surface area (Å²) in [4.78, 5) is 50.6. The van der Waals surface area contributed by atoms with Gasteiger partial charge in [0.25, 0.3) is 17.5 Å². The first-order valence-corrected chi connectivity index (χ1v) is 9.68. The van der Waals surface area contributed by atoms with Crippen molar-refractivity contribution >= 4 is 29.2 Å². The molecule has 1 N–H and O–H groups in total. The van der Waals surface area contributed by atoms with Crippen LogP contribution in [0.25, 0.3) is 0 Å². The molecule has 4 amide bonds. The Labute approximate surface area is 172 Å². The molecule has 2 aliphatic heterocycles. The van der Waals surface area contributed by atoms with Crippen LogP contribution in [0.3, 0.4) is 0 Å². The second-order valence-electron chi connectivity index (χ2n) is 7.39. The van der Waals surface area contributed by atoms with Crippen molar-refractivity contribution in [1.29, 1.82) is 0 Å². The summed E-state index contributed by atoms with van der Waals surface area (Å²) in [7, 11) is 0. The molecule has 0 spiro atoms. The Morgan fingerprint density at radius 3 is 2.67 bits per heavy atom. The fourth-order valence-electron chi connectivity index (χ4n) is 3.99. The Bertz CT molecular complexity index is 1070. The summed E-state index contributed by atoms with van der Waals surface area (Å²) in [6.45, 7) is 2.39. The normalized spacial score (nSPS) is 17.2. The number of amides is 4. The molecule has 1 atom stereocenters.